The molecule has 0 atom stereocenters. The highest BCUT2D eigenvalue weighted by Gasteiger charge is 2.41. The van der Waals surface area contributed by atoms with Crippen LogP contribution in [0.25, 0.3) is 5.57 Å². The van der Waals surface area contributed by atoms with E-state index < -0.39 is 11.8 Å². The zero-order valence-corrected chi connectivity index (χ0v) is 20.0. The van der Waals surface area contributed by atoms with Gasteiger partial charge < -0.3 is 10.1 Å². The Morgan fingerprint density at radius 1 is 0.818 bits per heavy atom. The monoisotopic (exact) mass is 460 g/mol. The number of hydrogen-bond acceptors (Lipinski definition) is 4. The molecule has 1 heterocycles. The molecule has 0 radical (unpaired) electrons. The van der Waals surface area contributed by atoms with Gasteiger partial charge in [-0.25, -0.2) is 4.90 Å². The minimum absolute atomic E-state index is 0.201. The van der Waals surface area contributed by atoms with E-state index in [1.165, 1.54) is 12.0 Å². The van der Waals surface area contributed by atoms with Gasteiger partial charge in [-0.2, -0.15) is 0 Å². The molecule has 1 aliphatic heterocycles. The summed E-state index contributed by atoms with van der Waals surface area (Å²) >= 11 is 6.30. The van der Waals surface area contributed by atoms with Gasteiger partial charge in [-0.3, -0.25) is 9.59 Å². The zero-order valence-electron chi connectivity index (χ0n) is 19.2. The molecule has 1 aliphatic rings. The van der Waals surface area contributed by atoms with Crippen molar-refractivity contribution >= 4 is 40.4 Å². The minimum Gasteiger partial charge on any atom is -0.495 e. The Bertz CT molecular complexity index is 1330. The van der Waals surface area contributed by atoms with Crippen LogP contribution in [0, 0.1) is 27.7 Å². The van der Waals surface area contributed by atoms with Crippen LogP contribution in [0.5, 0.6) is 5.75 Å². The van der Waals surface area contributed by atoms with Crippen molar-refractivity contribution in [3.63, 3.8) is 0 Å². The van der Waals surface area contributed by atoms with Crippen molar-refractivity contribution in [2.24, 2.45) is 0 Å². The van der Waals surface area contributed by atoms with Gasteiger partial charge in [0.25, 0.3) is 11.8 Å². The molecule has 0 fully saturated rings. The first-order chi connectivity index (χ1) is 15.7. The van der Waals surface area contributed by atoms with E-state index in [-0.39, 0.29) is 5.70 Å². The number of hydrogen-bond donors (Lipinski definition) is 1. The first kappa shape index (κ1) is 22.6. The first-order valence-electron chi connectivity index (χ1n) is 10.6. The van der Waals surface area contributed by atoms with Gasteiger partial charge in [0.1, 0.15) is 11.4 Å². The fourth-order valence-corrected chi connectivity index (χ4v) is 4.00. The third-order valence-corrected chi connectivity index (χ3v) is 6.30. The number of nitrogens with one attached hydrogen (secondary N) is 1. The van der Waals surface area contributed by atoms with Crippen LogP contribution in [0.15, 0.2) is 60.3 Å². The largest absolute Gasteiger partial charge is 0.495 e. The maximum atomic E-state index is 13.7. The molecule has 0 bridgehead atoms. The SMILES string of the molecule is COc1ccc(C)cc1N1C(=O)C(Nc2ccc(C)c(Cl)c2)=C(c2ccc(C)c(C)c2)C1=O. The van der Waals surface area contributed by atoms with E-state index in [0.717, 1.165) is 22.3 Å². The Morgan fingerprint density at radius 3 is 2.21 bits per heavy atom. The van der Waals surface area contributed by atoms with Crippen molar-refractivity contribution < 1.29 is 14.3 Å². The van der Waals surface area contributed by atoms with Crippen molar-refractivity contribution in [2.75, 3.05) is 17.3 Å². The van der Waals surface area contributed by atoms with Crippen LogP contribution in [-0.2, 0) is 9.59 Å². The molecule has 0 unspecified atom stereocenters. The Morgan fingerprint density at radius 2 is 1.55 bits per heavy atom. The summed E-state index contributed by atoms with van der Waals surface area (Å²) in [5, 5.41) is 3.74. The van der Waals surface area contributed by atoms with Gasteiger partial charge in [-0.05, 0) is 79.8 Å². The molecule has 0 saturated carbocycles. The summed E-state index contributed by atoms with van der Waals surface area (Å²) in [4.78, 5) is 28.6. The van der Waals surface area contributed by atoms with Gasteiger partial charge in [0.05, 0.1) is 18.4 Å². The van der Waals surface area contributed by atoms with Crippen molar-refractivity contribution in [2.45, 2.75) is 27.7 Å². The number of amides is 2. The zero-order chi connectivity index (χ0) is 23.9. The predicted octanol–water partition coefficient (Wildman–Crippen LogP) is 5.98. The molecule has 0 saturated heterocycles. The van der Waals surface area contributed by atoms with Crippen LogP contribution in [0.3, 0.4) is 0 Å². The number of ether oxygens (including phenoxy) is 1. The second kappa shape index (κ2) is 8.75. The summed E-state index contributed by atoms with van der Waals surface area (Å²) in [7, 11) is 1.52. The molecule has 4 rings (SSSR count). The fraction of sp³-hybridized carbons (Fsp3) is 0.185. The fourth-order valence-electron chi connectivity index (χ4n) is 3.82. The number of halogens is 1. The smallest absolute Gasteiger partial charge is 0.282 e. The Labute approximate surface area is 198 Å². The molecule has 3 aromatic carbocycles. The van der Waals surface area contributed by atoms with Crippen LogP contribution in [-0.4, -0.2) is 18.9 Å². The van der Waals surface area contributed by atoms with E-state index >= 15 is 0 Å². The average Bonchev–Trinajstić information content (AvgIpc) is 3.02. The lowest BCUT2D eigenvalue weighted by atomic mass is 9.99. The van der Waals surface area contributed by atoms with Crippen LogP contribution < -0.4 is 15.0 Å². The molecule has 6 heteroatoms. The maximum absolute atomic E-state index is 13.7. The van der Waals surface area contributed by atoms with Crippen molar-refractivity contribution in [1.82, 2.24) is 0 Å². The third kappa shape index (κ3) is 4.12. The van der Waals surface area contributed by atoms with E-state index in [4.69, 9.17) is 16.3 Å². The summed E-state index contributed by atoms with van der Waals surface area (Å²) in [6.45, 7) is 7.79. The number of carbonyl (C=O) groups is 2. The number of nitrogens with zero attached hydrogens (tertiary/aromatic N) is 1. The van der Waals surface area contributed by atoms with E-state index in [9.17, 15) is 9.59 Å². The molecule has 33 heavy (non-hydrogen) atoms. The number of methoxy groups -OCH3 is 1. The van der Waals surface area contributed by atoms with Crippen LogP contribution in [0.4, 0.5) is 11.4 Å². The standard InChI is InChI=1S/C27H25ClN2O3/c1-15-6-11-23(33-5)22(12-15)30-26(31)24(19-9-7-16(2)18(4)13-19)25(27(30)32)29-20-10-8-17(3)21(28)14-20/h6-14,29H,1-5H3. The van der Waals surface area contributed by atoms with E-state index in [1.807, 2.05) is 64.1 Å². The molecule has 168 valence electrons. The summed E-state index contributed by atoms with van der Waals surface area (Å²) in [6.07, 6.45) is 0. The quantitative estimate of drug-likeness (QED) is 0.476. The summed E-state index contributed by atoms with van der Waals surface area (Å²) in [5.41, 5.74) is 6.18. The molecule has 0 spiro atoms. The minimum atomic E-state index is -0.450. The number of carbonyl (C=O) groups excluding carboxylic acids is 2. The van der Waals surface area contributed by atoms with Crippen molar-refractivity contribution in [3.8, 4) is 5.75 Å². The van der Waals surface area contributed by atoms with Crippen LogP contribution in [0.1, 0.15) is 27.8 Å². The molecule has 3 aromatic rings. The normalized spacial score (nSPS) is 13.7. The topological polar surface area (TPSA) is 58.6 Å². The third-order valence-electron chi connectivity index (χ3n) is 5.90. The van der Waals surface area contributed by atoms with Gasteiger partial charge in [0, 0.05) is 10.7 Å². The van der Waals surface area contributed by atoms with E-state index in [0.29, 0.717) is 33.3 Å². The van der Waals surface area contributed by atoms with Crippen molar-refractivity contribution in [1.29, 1.82) is 0 Å². The van der Waals surface area contributed by atoms with Crippen LogP contribution >= 0.6 is 11.6 Å². The molecule has 5 nitrogen and oxygen atoms in total. The number of anilines is 2. The van der Waals surface area contributed by atoms with E-state index in [2.05, 4.69) is 5.32 Å². The van der Waals surface area contributed by atoms with Gasteiger partial charge in [-0.1, -0.05) is 41.9 Å². The Hall–Kier alpha value is -3.57. The van der Waals surface area contributed by atoms with Crippen molar-refractivity contribution in [3.05, 3.63) is 93.1 Å². The van der Waals surface area contributed by atoms with Gasteiger partial charge in [-0.15, -0.1) is 0 Å². The second-order valence-electron chi connectivity index (χ2n) is 8.26. The summed E-state index contributed by atoms with van der Waals surface area (Å²) in [5.74, 6) is -0.414. The number of imide groups is 1. The van der Waals surface area contributed by atoms with Gasteiger partial charge in [0.2, 0.25) is 0 Å². The molecule has 2 amide bonds. The molecule has 0 aromatic heterocycles. The maximum Gasteiger partial charge on any atom is 0.282 e. The molecule has 1 N–H and O–H groups in total. The number of aryl methyl sites for hydroxylation is 4. The average molecular weight is 461 g/mol. The second-order valence-corrected chi connectivity index (χ2v) is 8.67. The number of benzene rings is 3. The molecular weight excluding hydrogens is 436 g/mol. The van der Waals surface area contributed by atoms with Gasteiger partial charge >= 0.3 is 0 Å². The first-order valence-corrected chi connectivity index (χ1v) is 11.0. The molecular formula is C27H25ClN2O3. The molecule has 0 aliphatic carbocycles. The lowest BCUT2D eigenvalue weighted by molar-refractivity contribution is -0.120. The van der Waals surface area contributed by atoms with Gasteiger partial charge in [0.15, 0.2) is 0 Å². The summed E-state index contributed by atoms with van der Waals surface area (Å²) in [6, 6.07) is 16.6. The highest BCUT2D eigenvalue weighted by atomic mass is 35.5. The summed E-state index contributed by atoms with van der Waals surface area (Å²) < 4.78 is 5.47. The number of rotatable bonds is 5. The van der Waals surface area contributed by atoms with Crippen LogP contribution in [0.2, 0.25) is 5.02 Å². The van der Waals surface area contributed by atoms with E-state index in [1.54, 1.807) is 18.2 Å². The highest BCUT2D eigenvalue weighted by molar-refractivity contribution is 6.46. The Kier molecular flexibility index (Phi) is 6.00. The lowest BCUT2D eigenvalue weighted by Crippen LogP contribution is -2.32. The predicted molar refractivity (Wildman–Crippen MR) is 133 cm³/mol. The lowest BCUT2D eigenvalue weighted by Gasteiger charge is -2.19. The highest BCUT2D eigenvalue weighted by Crippen LogP contribution is 2.39. The Balaban J connectivity index is 1.88.